The zero-order valence-corrected chi connectivity index (χ0v) is 17.3. The zero-order chi connectivity index (χ0) is 21.1. The number of aryl methyl sites for hydroxylation is 2. The molecule has 0 aliphatic carbocycles. The molecule has 152 valence electrons. The van der Waals surface area contributed by atoms with Crippen molar-refractivity contribution in [3.8, 4) is 5.75 Å². The van der Waals surface area contributed by atoms with Crippen LogP contribution in [0.25, 0.3) is 10.2 Å². The Bertz CT molecular complexity index is 1130. The predicted molar refractivity (Wildman–Crippen MR) is 110 cm³/mol. The molecule has 0 fully saturated rings. The molecule has 2 aromatic heterocycles. The lowest BCUT2D eigenvalue weighted by Gasteiger charge is -2.13. The monoisotopic (exact) mass is 415 g/mol. The summed E-state index contributed by atoms with van der Waals surface area (Å²) in [6, 6.07) is 6.58. The molecule has 3 aromatic rings. The molecule has 2 heterocycles. The van der Waals surface area contributed by atoms with Crippen LogP contribution in [0.4, 0.5) is 0 Å². The molecule has 1 atom stereocenters. The van der Waals surface area contributed by atoms with Crippen LogP contribution in [0, 0.1) is 13.8 Å². The molecular weight excluding hydrogens is 394 g/mol. The van der Waals surface area contributed by atoms with E-state index in [0.29, 0.717) is 21.5 Å². The molecule has 1 aromatic carbocycles. The highest BCUT2D eigenvalue weighted by Gasteiger charge is 2.18. The highest BCUT2D eigenvalue weighted by atomic mass is 32.1. The van der Waals surface area contributed by atoms with Gasteiger partial charge >= 0.3 is 5.97 Å². The Hall–Kier alpha value is -3.20. The summed E-state index contributed by atoms with van der Waals surface area (Å²) >= 11 is 1.42. The van der Waals surface area contributed by atoms with Crippen molar-refractivity contribution in [2.24, 2.45) is 0 Å². The zero-order valence-electron chi connectivity index (χ0n) is 16.5. The second-order valence-corrected chi connectivity index (χ2v) is 7.66. The van der Waals surface area contributed by atoms with Gasteiger partial charge in [-0.2, -0.15) is 0 Å². The van der Waals surface area contributed by atoms with Crippen LogP contribution in [0.2, 0.25) is 0 Å². The number of nitrogens with one attached hydrogen (secondary N) is 2. The van der Waals surface area contributed by atoms with Crippen LogP contribution < -0.4 is 15.6 Å². The van der Waals surface area contributed by atoms with E-state index >= 15 is 0 Å². The third-order valence-corrected chi connectivity index (χ3v) is 5.58. The van der Waals surface area contributed by atoms with Gasteiger partial charge in [0.1, 0.15) is 17.1 Å². The van der Waals surface area contributed by atoms with Crippen LogP contribution in [0.1, 0.15) is 39.7 Å². The molecule has 29 heavy (non-hydrogen) atoms. The van der Waals surface area contributed by atoms with Crippen molar-refractivity contribution in [1.29, 1.82) is 0 Å². The van der Waals surface area contributed by atoms with Crippen LogP contribution in [-0.2, 0) is 9.53 Å². The molecule has 9 heteroatoms. The Morgan fingerprint density at radius 1 is 1.31 bits per heavy atom. The van der Waals surface area contributed by atoms with Gasteiger partial charge in [0.2, 0.25) is 0 Å². The van der Waals surface area contributed by atoms with Gasteiger partial charge in [-0.3, -0.25) is 14.4 Å². The molecule has 0 bridgehead atoms. The van der Waals surface area contributed by atoms with Crippen molar-refractivity contribution in [3.63, 3.8) is 0 Å². The number of nitrogens with zero attached hydrogens (tertiary/aromatic N) is 1. The molecule has 0 spiro atoms. The van der Waals surface area contributed by atoms with Gasteiger partial charge in [-0.25, -0.2) is 4.98 Å². The summed E-state index contributed by atoms with van der Waals surface area (Å²) in [7, 11) is 1.50. The highest BCUT2D eigenvalue weighted by Crippen LogP contribution is 2.26. The third kappa shape index (κ3) is 4.45. The van der Waals surface area contributed by atoms with Crippen LogP contribution in [0.15, 0.2) is 29.1 Å². The predicted octanol–water partition coefficient (Wildman–Crippen LogP) is 2.64. The van der Waals surface area contributed by atoms with Gasteiger partial charge in [0.05, 0.1) is 12.5 Å². The van der Waals surface area contributed by atoms with E-state index in [0.717, 1.165) is 10.4 Å². The number of fused-ring (bicyclic) bond motifs is 1. The number of H-pyrrole nitrogens is 1. The fourth-order valence-corrected chi connectivity index (χ4v) is 3.81. The SMILES string of the molecule is COc1cccc(C(=O)NCC(=O)O[C@@H](C)c2nc3sc(C)c(C)c3c(=O)[nH]2)c1. The van der Waals surface area contributed by atoms with Gasteiger partial charge in [0, 0.05) is 10.4 Å². The molecule has 0 saturated carbocycles. The number of aromatic amines is 1. The average Bonchev–Trinajstić information content (AvgIpc) is 3.00. The number of methoxy groups -OCH3 is 1. The van der Waals surface area contributed by atoms with Crippen molar-refractivity contribution in [3.05, 3.63) is 56.4 Å². The van der Waals surface area contributed by atoms with E-state index < -0.39 is 18.0 Å². The van der Waals surface area contributed by atoms with Gasteiger partial charge in [-0.05, 0) is 44.5 Å². The van der Waals surface area contributed by atoms with Crippen molar-refractivity contribution < 1.29 is 19.1 Å². The number of hydrogen-bond donors (Lipinski definition) is 2. The van der Waals surface area contributed by atoms with Crippen LogP contribution in [-0.4, -0.2) is 35.5 Å². The topological polar surface area (TPSA) is 110 Å². The maximum Gasteiger partial charge on any atom is 0.326 e. The Morgan fingerprint density at radius 3 is 2.79 bits per heavy atom. The van der Waals surface area contributed by atoms with Gasteiger partial charge in [0.25, 0.3) is 11.5 Å². The highest BCUT2D eigenvalue weighted by molar-refractivity contribution is 7.18. The maximum atomic E-state index is 12.4. The Kier molecular flexibility index (Phi) is 5.97. The van der Waals surface area contributed by atoms with E-state index in [2.05, 4.69) is 15.3 Å². The van der Waals surface area contributed by atoms with E-state index in [1.807, 2.05) is 13.8 Å². The standard InChI is InChI=1S/C20H21N3O5S/c1-10-12(3)29-20-16(10)19(26)22-17(23-20)11(2)28-15(24)9-21-18(25)13-6-5-7-14(8-13)27-4/h5-8,11H,9H2,1-4H3,(H,21,25)(H,22,23,26)/t11-/m0/s1. The number of aromatic nitrogens is 2. The smallest absolute Gasteiger partial charge is 0.326 e. The first-order valence-electron chi connectivity index (χ1n) is 8.91. The minimum Gasteiger partial charge on any atom is -0.497 e. The molecule has 0 radical (unpaired) electrons. The summed E-state index contributed by atoms with van der Waals surface area (Å²) in [5.41, 5.74) is 1.00. The minimum absolute atomic E-state index is 0.260. The lowest BCUT2D eigenvalue weighted by molar-refractivity contribution is -0.147. The van der Waals surface area contributed by atoms with Crippen LogP contribution in [0.5, 0.6) is 5.75 Å². The number of amides is 1. The lowest BCUT2D eigenvalue weighted by atomic mass is 10.2. The van der Waals surface area contributed by atoms with Gasteiger partial charge in [-0.15, -0.1) is 11.3 Å². The van der Waals surface area contributed by atoms with Gasteiger partial charge in [0.15, 0.2) is 11.9 Å². The molecule has 0 unspecified atom stereocenters. The number of esters is 1. The fraction of sp³-hybridized carbons (Fsp3) is 0.300. The molecule has 1 amide bonds. The number of carbonyl (C=O) groups excluding carboxylic acids is 2. The van der Waals surface area contributed by atoms with Crippen LogP contribution >= 0.6 is 11.3 Å². The summed E-state index contributed by atoms with van der Waals surface area (Å²) in [6.07, 6.45) is -0.768. The number of ether oxygens (including phenoxy) is 2. The molecule has 3 rings (SSSR count). The first-order valence-corrected chi connectivity index (χ1v) is 9.73. The van der Waals surface area contributed by atoms with Gasteiger partial charge in [-0.1, -0.05) is 6.07 Å². The summed E-state index contributed by atoms with van der Waals surface area (Å²) in [4.78, 5) is 45.3. The first kappa shape index (κ1) is 20.5. The number of thiophene rings is 1. The molecule has 0 saturated heterocycles. The summed E-state index contributed by atoms with van der Waals surface area (Å²) < 4.78 is 10.4. The van der Waals surface area contributed by atoms with Gasteiger partial charge < -0.3 is 19.8 Å². The number of hydrogen-bond acceptors (Lipinski definition) is 7. The molecular formula is C20H21N3O5S. The largest absolute Gasteiger partial charge is 0.497 e. The minimum atomic E-state index is -0.768. The second kappa shape index (κ2) is 8.44. The van der Waals surface area contributed by atoms with Crippen molar-refractivity contribution >= 4 is 33.4 Å². The molecule has 2 N–H and O–H groups in total. The van der Waals surface area contributed by atoms with Crippen LogP contribution in [0.3, 0.4) is 0 Å². The number of benzene rings is 1. The fourth-order valence-electron chi connectivity index (χ4n) is 2.78. The summed E-state index contributed by atoms with van der Waals surface area (Å²) in [5, 5.41) is 3.06. The number of carbonyl (C=O) groups is 2. The van der Waals surface area contributed by atoms with E-state index in [1.165, 1.54) is 18.4 Å². The normalized spacial score (nSPS) is 11.9. The number of rotatable bonds is 6. The van der Waals surface area contributed by atoms with E-state index in [-0.39, 0.29) is 17.9 Å². The van der Waals surface area contributed by atoms with Crippen molar-refractivity contribution in [1.82, 2.24) is 15.3 Å². The van der Waals surface area contributed by atoms with Crippen molar-refractivity contribution in [2.75, 3.05) is 13.7 Å². The molecule has 8 nitrogen and oxygen atoms in total. The Morgan fingerprint density at radius 2 is 2.07 bits per heavy atom. The first-order chi connectivity index (χ1) is 13.8. The lowest BCUT2D eigenvalue weighted by Crippen LogP contribution is -2.31. The Labute approximate surface area is 170 Å². The second-order valence-electron chi connectivity index (χ2n) is 6.46. The van der Waals surface area contributed by atoms with Crippen molar-refractivity contribution in [2.45, 2.75) is 26.9 Å². The quantitative estimate of drug-likeness (QED) is 0.599. The third-order valence-electron chi connectivity index (χ3n) is 4.48. The molecule has 0 aliphatic rings. The average molecular weight is 415 g/mol. The van der Waals surface area contributed by atoms with E-state index in [1.54, 1.807) is 31.2 Å². The summed E-state index contributed by atoms with van der Waals surface area (Å²) in [6.45, 7) is 5.09. The summed E-state index contributed by atoms with van der Waals surface area (Å²) in [5.74, 6) is -0.268. The Balaban J connectivity index is 1.64. The van der Waals surface area contributed by atoms with E-state index in [9.17, 15) is 14.4 Å². The van der Waals surface area contributed by atoms with E-state index in [4.69, 9.17) is 9.47 Å². The molecule has 0 aliphatic heterocycles. The maximum absolute atomic E-state index is 12.4.